The van der Waals surface area contributed by atoms with Crippen LogP contribution in [0.15, 0.2) is 32.4 Å². The normalized spacial score (nSPS) is 11.9. The lowest BCUT2D eigenvalue weighted by Gasteiger charge is -1.88. The van der Waals surface area contributed by atoms with Crippen molar-refractivity contribution in [2.45, 2.75) is 0 Å². The second-order valence-electron chi connectivity index (χ2n) is 3.26. The van der Waals surface area contributed by atoms with Gasteiger partial charge in [0.15, 0.2) is 0 Å². The minimum absolute atomic E-state index is 0.0964. The molecule has 100 valence electrons. The van der Waals surface area contributed by atoms with Crippen molar-refractivity contribution in [3.05, 3.63) is 23.5 Å². The molecule has 9 nitrogen and oxygen atoms in total. The Morgan fingerprint density at radius 3 is 2.63 bits per heavy atom. The summed E-state index contributed by atoms with van der Waals surface area (Å²) in [7, 11) is 1.61. The van der Waals surface area contributed by atoms with Crippen LogP contribution in [0.25, 0.3) is 0 Å². The van der Waals surface area contributed by atoms with Crippen LogP contribution in [0.3, 0.4) is 0 Å². The van der Waals surface area contributed by atoms with Gasteiger partial charge in [0.05, 0.1) is 30.9 Å². The molecule has 1 rings (SSSR count). The van der Waals surface area contributed by atoms with Crippen LogP contribution in [-0.2, 0) is 0 Å². The van der Waals surface area contributed by atoms with Gasteiger partial charge in [0.2, 0.25) is 5.96 Å². The topological polar surface area (TPSA) is 143 Å². The van der Waals surface area contributed by atoms with Gasteiger partial charge in [-0.3, -0.25) is 4.99 Å². The fourth-order valence-corrected chi connectivity index (χ4v) is 1.07. The Labute approximate surface area is 109 Å². The zero-order chi connectivity index (χ0) is 14.1. The average molecular weight is 262 g/mol. The van der Waals surface area contributed by atoms with Crippen molar-refractivity contribution in [3.8, 4) is 0 Å². The summed E-state index contributed by atoms with van der Waals surface area (Å²) in [4.78, 5) is 9.47. The molecular formula is C10H16N9+. The molecule has 0 aliphatic carbocycles. The number of aromatic nitrogens is 1. The quantitative estimate of drug-likeness (QED) is 0.229. The third kappa shape index (κ3) is 5.26. The average Bonchev–Trinajstić information content (AvgIpc) is 2.82. The number of aliphatic imine (C=N–C) groups is 1. The molecule has 7 N–H and O–H groups in total. The summed E-state index contributed by atoms with van der Waals surface area (Å²) in [6.45, 7) is 3.46. The second-order valence-corrected chi connectivity index (χ2v) is 3.26. The minimum Gasteiger partial charge on any atom is -0.369 e. The van der Waals surface area contributed by atoms with Crippen molar-refractivity contribution >= 4 is 31.1 Å². The highest BCUT2D eigenvalue weighted by atomic mass is 15.4. The maximum absolute atomic E-state index is 5.13. The molecule has 0 fully saturated rings. The van der Waals surface area contributed by atoms with Gasteiger partial charge < -0.3 is 16.5 Å². The zero-order valence-corrected chi connectivity index (χ0v) is 10.5. The van der Waals surface area contributed by atoms with Gasteiger partial charge in [0.1, 0.15) is 0 Å². The van der Waals surface area contributed by atoms with Gasteiger partial charge in [-0.2, -0.15) is 10.5 Å². The monoisotopic (exact) mass is 262 g/mol. The van der Waals surface area contributed by atoms with Crippen molar-refractivity contribution in [2.75, 3.05) is 7.05 Å². The van der Waals surface area contributed by atoms with Crippen LogP contribution >= 0.6 is 0 Å². The van der Waals surface area contributed by atoms with E-state index >= 15 is 0 Å². The largest absolute Gasteiger partial charge is 0.407 e. The van der Waals surface area contributed by atoms with E-state index in [1.54, 1.807) is 13.3 Å². The van der Waals surface area contributed by atoms with Crippen LogP contribution < -0.4 is 21.9 Å². The van der Waals surface area contributed by atoms with Crippen LogP contribution in [0, 0.1) is 0 Å². The molecule has 1 heterocycles. The summed E-state index contributed by atoms with van der Waals surface area (Å²) in [5.41, 5.74) is 14.5. The van der Waals surface area contributed by atoms with E-state index in [0.29, 0.717) is 5.96 Å². The molecule has 0 aliphatic rings. The fourth-order valence-electron chi connectivity index (χ4n) is 1.07. The summed E-state index contributed by atoms with van der Waals surface area (Å²) in [6.07, 6.45) is 3.07. The third-order valence-corrected chi connectivity index (χ3v) is 1.87. The van der Waals surface area contributed by atoms with E-state index in [1.165, 1.54) is 6.21 Å². The molecule has 1 aromatic heterocycles. The van der Waals surface area contributed by atoms with E-state index in [-0.39, 0.29) is 5.96 Å². The van der Waals surface area contributed by atoms with Crippen molar-refractivity contribution in [1.82, 2.24) is 10.4 Å². The summed E-state index contributed by atoms with van der Waals surface area (Å²) in [5, 5.41) is 11.1. The molecule has 0 saturated heterocycles. The Hall–Kier alpha value is -2.97. The summed E-state index contributed by atoms with van der Waals surface area (Å²) < 4.78 is 0. The molecule has 0 saturated carbocycles. The van der Waals surface area contributed by atoms with Gasteiger partial charge in [-0.15, -0.1) is 15.2 Å². The Bertz CT molecular complexity index is 531. The first-order chi connectivity index (χ1) is 9.15. The molecule has 0 radical (unpaired) electrons. The molecule has 0 spiro atoms. The second kappa shape index (κ2) is 7.37. The van der Waals surface area contributed by atoms with E-state index in [2.05, 4.69) is 42.4 Å². The third-order valence-electron chi connectivity index (χ3n) is 1.87. The van der Waals surface area contributed by atoms with E-state index in [1.807, 2.05) is 12.1 Å². The van der Waals surface area contributed by atoms with Crippen LogP contribution in [0.2, 0.25) is 0 Å². The lowest BCUT2D eigenvalue weighted by molar-refractivity contribution is -0.310. The number of nitrogens with one attached hydrogen (secondary N) is 3. The molecule has 0 aliphatic heterocycles. The van der Waals surface area contributed by atoms with E-state index < -0.39 is 0 Å². The Morgan fingerprint density at radius 1 is 1.37 bits per heavy atom. The Balaban J connectivity index is 2.60. The van der Waals surface area contributed by atoms with Gasteiger partial charge in [0.25, 0.3) is 0 Å². The number of nitrogens with zero attached hydrogens (tertiary/aromatic N) is 4. The minimum atomic E-state index is -0.0964. The lowest BCUT2D eigenvalue weighted by atomic mass is 10.4. The van der Waals surface area contributed by atoms with E-state index in [4.69, 9.17) is 11.5 Å². The molecule has 9 heteroatoms. The Kier molecular flexibility index (Phi) is 5.47. The van der Waals surface area contributed by atoms with Crippen LogP contribution in [-0.4, -0.2) is 43.1 Å². The summed E-state index contributed by atoms with van der Waals surface area (Å²) >= 11 is 0. The van der Waals surface area contributed by atoms with Gasteiger partial charge in [-0.25, -0.2) is 0 Å². The predicted molar refractivity (Wildman–Crippen MR) is 76.4 cm³/mol. The van der Waals surface area contributed by atoms with Crippen LogP contribution in [0.5, 0.6) is 0 Å². The smallest absolute Gasteiger partial charge is 0.369 e. The van der Waals surface area contributed by atoms with E-state index in [9.17, 15) is 0 Å². The lowest BCUT2D eigenvalue weighted by Crippen LogP contribution is -2.75. The number of rotatable bonds is 4. The first-order valence-electron chi connectivity index (χ1n) is 5.25. The van der Waals surface area contributed by atoms with Crippen molar-refractivity contribution in [1.29, 1.82) is 0 Å². The van der Waals surface area contributed by atoms with Crippen LogP contribution in [0.1, 0.15) is 11.4 Å². The highest BCUT2D eigenvalue weighted by molar-refractivity contribution is 5.84. The molecule has 19 heavy (non-hydrogen) atoms. The van der Waals surface area contributed by atoms with Gasteiger partial charge >= 0.3 is 5.96 Å². The molecule has 0 bridgehead atoms. The molecule has 0 aromatic carbocycles. The first-order valence-corrected chi connectivity index (χ1v) is 5.25. The fraction of sp³-hybridized carbons (Fsp3) is 0.100. The number of guanidine groups is 2. The van der Waals surface area contributed by atoms with Crippen LogP contribution in [0.4, 0.5) is 0 Å². The zero-order valence-electron chi connectivity index (χ0n) is 10.5. The van der Waals surface area contributed by atoms with Crippen molar-refractivity contribution in [3.63, 3.8) is 0 Å². The van der Waals surface area contributed by atoms with Gasteiger partial charge in [-0.1, -0.05) is 0 Å². The highest BCUT2D eigenvalue weighted by Crippen LogP contribution is 1.96. The Morgan fingerprint density at radius 2 is 2.05 bits per heavy atom. The van der Waals surface area contributed by atoms with E-state index in [0.717, 1.165) is 11.4 Å². The number of hydrogen-bond donors (Lipinski definition) is 5. The summed E-state index contributed by atoms with van der Waals surface area (Å²) in [6, 6.07) is 3.63. The van der Waals surface area contributed by atoms with Crippen molar-refractivity contribution in [2.24, 2.45) is 31.8 Å². The SMILES string of the molecule is C=[NH+]C(=NC)N/N=C/c1ccc(/C=N/N=C(N)N)[nH]1. The predicted octanol–water partition coefficient (Wildman–Crippen LogP) is -2.69. The highest BCUT2D eigenvalue weighted by Gasteiger charge is 1.97. The maximum atomic E-state index is 5.13. The standard InChI is InChI=1S/C10H15N9/c1-13-10(14-2)19-16-6-8-4-3-7(17-8)5-15-18-9(11)12/h3-6,17H,1H2,2H3,(H,14,19)(H4,11,12,18)/p+1/b15-5+,16-6+. The van der Waals surface area contributed by atoms with Gasteiger partial charge in [0, 0.05) is 6.72 Å². The molecule has 1 aromatic rings. The number of aromatic amines is 1. The number of hydrogen-bond acceptors (Lipinski definition) is 4. The molecule has 0 atom stereocenters. The number of nitrogens with two attached hydrogens (primary N) is 2. The number of hydrazone groups is 1. The maximum Gasteiger partial charge on any atom is 0.407 e. The first kappa shape index (κ1) is 14.1. The molecular weight excluding hydrogens is 246 g/mol. The van der Waals surface area contributed by atoms with Gasteiger partial charge in [-0.05, 0) is 12.1 Å². The molecule has 0 unspecified atom stereocenters. The van der Waals surface area contributed by atoms with Crippen molar-refractivity contribution < 1.29 is 4.99 Å². The molecule has 0 amide bonds. The number of H-pyrrole nitrogens is 1. The summed E-state index contributed by atoms with van der Waals surface area (Å²) in [5.74, 6) is 0.359.